The molecule has 1 atom stereocenters. The van der Waals surface area contributed by atoms with Crippen molar-refractivity contribution in [2.75, 3.05) is 14.2 Å². The number of hydrogen-bond donors (Lipinski definition) is 0. The van der Waals surface area contributed by atoms with Gasteiger partial charge in [0.1, 0.15) is 12.4 Å². The predicted molar refractivity (Wildman–Crippen MR) is 80.9 cm³/mol. The minimum atomic E-state index is -3.49. The molecule has 21 heavy (non-hydrogen) atoms. The van der Waals surface area contributed by atoms with Crippen LogP contribution in [-0.4, -0.2) is 14.2 Å². The van der Waals surface area contributed by atoms with Crippen LogP contribution in [0.25, 0.3) is 0 Å². The van der Waals surface area contributed by atoms with Gasteiger partial charge >= 0.3 is 7.60 Å². The maximum Gasteiger partial charge on any atom is 0.352 e. The minimum absolute atomic E-state index is 0.443. The standard InChI is InChI=1S/C16H17O4P/c1-18-21(17,19-2)16-11-7-3-4-10-15(16)20-12-13-8-5-6-9-14(13)16/h3-11H,12H2,1-2H3. The zero-order valence-electron chi connectivity index (χ0n) is 12.0. The molecule has 1 aliphatic heterocycles. The molecule has 0 aromatic heterocycles. The summed E-state index contributed by atoms with van der Waals surface area (Å²) in [6.07, 6.45) is 9.24. The molecule has 110 valence electrons. The third-order valence-corrected chi connectivity index (χ3v) is 6.34. The zero-order valence-corrected chi connectivity index (χ0v) is 12.9. The molecular formula is C16H17O4P. The minimum Gasteiger partial charge on any atom is -0.491 e. The van der Waals surface area contributed by atoms with Gasteiger partial charge in [-0.2, -0.15) is 0 Å². The second-order valence-electron chi connectivity index (χ2n) is 4.85. The fourth-order valence-corrected chi connectivity index (χ4v) is 4.82. The lowest BCUT2D eigenvalue weighted by Crippen LogP contribution is -2.33. The number of benzene rings is 1. The molecule has 0 N–H and O–H groups in total. The summed E-state index contributed by atoms with van der Waals surface area (Å²) in [5.74, 6) is 0.582. The quantitative estimate of drug-likeness (QED) is 0.794. The molecule has 1 aromatic carbocycles. The third kappa shape index (κ3) is 1.95. The van der Waals surface area contributed by atoms with Gasteiger partial charge in [0.2, 0.25) is 0 Å². The summed E-state index contributed by atoms with van der Waals surface area (Å²) in [6.45, 7) is 0.443. The number of ether oxygens (including phenoxy) is 1. The number of rotatable bonds is 3. The van der Waals surface area contributed by atoms with Crippen LogP contribution in [0.15, 0.2) is 60.4 Å². The fourth-order valence-electron chi connectivity index (χ4n) is 2.90. The molecule has 5 heteroatoms. The van der Waals surface area contributed by atoms with Crippen molar-refractivity contribution in [1.82, 2.24) is 0 Å². The van der Waals surface area contributed by atoms with E-state index in [1.54, 1.807) is 0 Å². The summed E-state index contributed by atoms with van der Waals surface area (Å²) in [7, 11) is -0.684. The summed E-state index contributed by atoms with van der Waals surface area (Å²) in [6, 6.07) is 7.78. The van der Waals surface area contributed by atoms with Crippen LogP contribution in [0.4, 0.5) is 0 Å². The van der Waals surface area contributed by atoms with Crippen LogP contribution in [0.5, 0.6) is 0 Å². The molecule has 0 radical (unpaired) electrons. The van der Waals surface area contributed by atoms with Crippen molar-refractivity contribution < 1.29 is 18.3 Å². The van der Waals surface area contributed by atoms with Crippen LogP contribution < -0.4 is 0 Å². The van der Waals surface area contributed by atoms with Gasteiger partial charge in [-0.15, -0.1) is 0 Å². The Bertz CT molecular complexity index is 681. The van der Waals surface area contributed by atoms with Gasteiger partial charge in [-0.05, 0) is 17.2 Å². The molecule has 1 heterocycles. The second kappa shape index (κ2) is 5.30. The van der Waals surface area contributed by atoms with Crippen molar-refractivity contribution in [1.29, 1.82) is 0 Å². The zero-order chi connectivity index (χ0) is 14.9. The largest absolute Gasteiger partial charge is 0.491 e. The van der Waals surface area contributed by atoms with Crippen molar-refractivity contribution >= 4 is 7.60 Å². The Kier molecular flexibility index (Phi) is 3.62. The average Bonchev–Trinajstić information content (AvgIpc) is 2.77. The molecule has 0 saturated heterocycles. The Morgan fingerprint density at radius 2 is 1.90 bits per heavy atom. The Morgan fingerprint density at radius 3 is 2.67 bits per heavy atom. The normalized spacial score (nSPS) is 23.6. The van der Waals surface area contributed by atoms with E-state index in [4.69, 9.17) is 13.8 Å². The molecule has 2 aliphatic rings. The average molecular weight is 304 g/mol. The molecular weight excluding hydrogens is 287 g/mol. The maximum absolute atomic E-state index is 13.3. The Morgan fingerprint density at radius 1 is 1.14 bits per heavy atom. The Hall–Kier alpha value is -1.61. The fraction of sp³-hybridized carbons (Fsp3) is 0.250. The lowest BCUT2D eigenvalue weighted by Gasteiger charge is -2.41. The van der Waals surface area contributed by atoms with Crippen LogP contribution in [0, 0.1) is 0 Å². The summed E-state index contributed by atoms with van der Waals surface area (Å²) in [5, 5.41) is -1.05. The first-order valence-corrected chi connectivity index (χ1v) is 8.21. The van der Waals surface area contributed by atoms with E-state index < -0.39 is 12.8 Å². The van der Waals surface area contributed by atoms with E-state index in [9.17, 15) is 4.57 Å². The Balaban J connectivity index is 2.36. The second-order valence-corrected chi connectivity index (χ2v) is 7.28. The maximum atomic E-state index is 13.3. The number of hydrogen-bond acceptors (Lipinski definition) is 4. The van der Waals surface area contributed by atoms with Crippen molar-refractivity contribution in [3.8, 4) is 0 Å². The highest BCUT2D eigenvalue weighted by atomic mass is 31.2. The molecule has 0 spiro atoms. The van der Waals surface area contributed by atoms with Gasteiger partial charge in [-0.25, -0.2) is 0 Å². The van der Waals surface area contributed by atoms with E-state index in [0.29, 0.717) is 12.4 Å². The lowest BCUT2D eigenvalue weighted by atomic mass is 9.89. The predicted octanol–water partition coefficient (Wildman–Crippen LogP) is 3.91. The summed E-state index contributed by atoms with van der Waals surface area (Å²) < 4.78 is 29.9. The summed E-state index contributed by atoms with van der Waals surface area (Å²) >= 11 is 0. The van der Waals surface area contributed by atoms with Gasteiger partial charge in [-0.3, -0.25) is 4.57 Å². The molecule has 0 amide bonds. The van der Waals surface area contributed by atoms with Crippen LogP contribution in [0.2, 0.25) is 0 Å². The Labute approximate surface area is 124 Å². The van der Waals surface area contributed by atoms with Crippen molar-refractivity contribution in [3.63, 3.8) is 0 Å². The first kappa shape index (κ1) is 14.3. The van der Waals surface area contributed by atoms with Crippen molar-refractivity contribution in [2.45, 2.75) is 11.8 Å². The van der Waals surface area contributed by atoms with Crippen LogP contribution >= 0.6 is 7.60 Å². The number of fused-ring (bicyclic) bond motifs is 3. The first-order chi connectivity index (χ1) is 10.2. The highest BCUT2D eigenvalue weighted by Crippen LogP contribution is 2.69. The molecule has 3 rings (SSSR count). The monoisotopic (exact) mass is 304 g/mol. The lowest BCUT2D eigenvalue weighted by molar-refractivity contribution is 0.148. The van der Waals surface area contributed by atoms with Gasteiger partial charge in [-0.1, -0.05) is 48.6 Å². The van der Waals surface area contributed by atoms with Gasteiger partial charge in [0, 0.05) is 14.2 Å². The van der Waals surface area contributed by atoms with E-state index >= 15 is 0 Å². The van der Waals surface area contributed by atoms with E-state index in [1.807, 2.05) is 54.6 Å². The van der Waals surface area contributed by atoms with Crippen LogP contribution in [0.1, 0.15) is 11.1 Å². The van der Waals surface area contributed by atoms with Gasteiger partial charge in [0.25, 0.3) is 0 Å². The van der Waals surface area contributed by atoms with E-state index in [1.165, 1.54) is 14.2 Å². The van der Waals surface area contributed by atoms with Gasteiger partial charge in [0.15, 0.2) is 5.16 Å². The van der Waals surface area contributed by atoms with Crippen LogP contribution in [-0.2, 0) is 30.1 Å². The number of allylic oxidation sites excluding steroid dienone is 5. The molecule has 0 saturated carbocycles. The highest BCUT2D eigenvalue weighted by molar-refractivity contribution is 7.55. The molecule has 1 aromatic rings. The van der Waals surface area contributed by atoms with Crippen molar-refractivity contribution in [3.05, 3.63) is 71.5 Å². The molecule has 0 fully saturated rings. The summed E-state index contributed by atoms with van der Waals surface area (Å²) in [5.41, 5.74) is 1.88. The summed E-state index contributed by atoms with van der Waals surface area (Å²) in [4.78, 5) is 0. The van der Waals surface area contributed by atoms with Crippen molar-refractivity contribution in [2.24, 2.45) is 0 Å². The topological polar surface area (TPSA) is 44.8 Å². The molecule has 1 unspecified atom stereocenters. The smallest absolute Gasteiger partial charge is 0.352 e. The van der Waals surface area contributed by atoms with Gasteiger partial charge < -0.3 is 13.8 Å². The van der Waals surface area contributed by atoms with E-state index in [-0.39, 0.29) is 0 Å². The molecule has 4 nitrogen and oxygen atoms in total. The van der Waals surface area contributed by atoms with Crippen LogP contribution in [0.3, 0.4) is 0 Å². The third-order valence-electron chi connectivity index (χ3n) is 3.91. The molecule has 0 bridgehead atoms. The SMILES string of the molecule is COP(=O)(OC)C12C=CC=CC=C1OCc1ccccc12. The van der Waals surface area contributed by atoms with Gasteiger partial charge in [0.05, 0.1) is 0 Å². The first-order valence-electron chi connectivity index (χ1n) is 6.67. The van der Waals surface area contributed by atoms with E-state index in [2.05, 4.69) is 0 Å². The van der Waals surface area contributed by atoms with E-state index in [0.717, 1.165) is 11.1 Å². The molecule has 1 aliphatic carbocycles. The highest BCUT2D eigenvalue weighted by Gasteiger charge is 2.56.